The van der Waals surface area contributed by atoms with E-state index in [4.69, 9.17) is 21.1 Å². The Balaban J connectivity index is 1.73. The Kier molecular flexibility index (Phi) is 4.84. The summed E-state index contributed by atoms with van der Waals surface area (Å²) in [6.07, 6.45) is 1.19. The van der Waals surface area contributed by atoms with Gasteiger partial charge >= 0.3 is 5.97 Å². The molecule has 2 rings (SSSR count). The van der Waals surface area contributed by atoms with Gasteiger partial charge in [-0.2, -0.15) is 0 Å². The van der Waals surface area contributed by atoms with E-state index in [2.05, 4.69) is 5.32 Å². The standard InChI is InChI=1S/C14H16ClNO4/c1-9-6-10(15)2-4-12(9)19-8-14(18)20-7-11-3-5-13(17)16-11/h2,4,6,11H,3,5,7-8H2,1H3,(H,16,17). The summed E-state index contributed by atoms with van der Waals surface area (Å²) in [4.78, 5) is 22.5. The molecular weight excluding hydrogens is 282 g/mol. The lowest BCUT2D eigenvalue weighted by Gasteiger charge is -2.12. The molecule has 1 N–H and O–H groups in total. The Hall–Kier alpha value is -1.75. The molecule has 1 atom stereocenters. The van der Waals surface area contributed by atoms with Crippen LogP contribution in [-0.4, -0.2) is 31.1 Å². The second-order valence-corrected chi connectivity index (χ2v) is 5.12. The van der Waals surface area contributed by atoms with Crippen molar-refractivity contribution in [3.05, 3.63) is 28.8 Å². The minimum absolute atomic E-state index is 0.000844. The zero-order chi connectivity index (χ0) is 14.5. The van der Waals surface area contributed by atoms with Gasteiger partial charge in [-0.1, -0.05) is 11.6 Å². The van der Waals surface area contributed by atoms with Crippen molar-refractivity contribution >= 4 is 23.5 Å². The Morgan fingerprint density at radius 2 is 2.30 bits per heavy atom. The van der Waals surface area contributed by atoms with Crippen molar-refractivity contribution in [1.29, 1.82) is 0 Å². The van der Waals surface area contributed by atoms with Crippen LogP contribution in [0.2, 0.25) is 5.02 Å². The fraction of sp³-hybridized carbons (Fsp3) is 0.429. The lowest BCUT2D eigenvalue weighted by atomic mass is 10.2. The van der Waals surface area contributed by atoms with Gasteiger partial charge in [0.15, 0.2) is 6.61 Å². The van der Waals surface area contributed by atoms with Crippen LogP contribution in [0.3, 0.4) is 0 Å². The minimum Gasteiger partial charge on any atom is -0.482 e. The fourth-order valence-electron chi connectivity index (χ4n) is 1.95. The van der Waals surface area contributed by atoms with E-state index < -0.39 is 5.97 Å². The highest BCUT2D eigenvalue weighted by atomic mass is 35.5. The third kappa shape index (κ3) is 4.13. The van der Waals surface area contributed by atoms with E-state index in [0.717, 1.165) is 5.56 Å². The summed E-state index contributed by atoms with van der Waals surface area (Å²) in [7, 11) is 0. The first-order valence-electron chi connectivity index (χ1n) is 6.38. The van der Waals surface area contributed by atoms with E-state index in [1.54, 1.807) is 18.2 Å². The van der Waals surface area contributed by atoms with Crippen molar-refractivity contribution in [2.45, 2.75) is 25.8 Å². The molecule has 1 unspecified atom stereocenters. The summed E-state index contributed by atoms with van der Waals surface area (Å²) < 4.78 is 10.4. The van der Waals surface area contributed by atoms with Gasteiger partial charge in [0.05, 0.1) is 6.04 Å². The normalized spacial score (nSPS) is 17.7. The number of hydrogen-bond donors (Lipinski definition) is 1. The number of rotatable bonds is 5. The number of halogens is 1. The van der Waals surface area contributed by atoms with Crippen molar-refractivity contribution in [1.82, 2.24) is 5.32 Å². The summed E-state index contributed by atoms with van der Waals surface area (Å²) in [5.41, 5.74) is 0.855. The molecule has 6 heteroatoms. The van der Waals surface area contributed by atoms with Gasteiger partial charge in [-0.05, 0) is 37.1 Å². The van der Waals surface area contributed by atoms with Crippen LogP contribution in [0.25, 0.3) is 0 Å². The highest BCUT2D eigenvalue weighted by molar-refractivity contribution is 6.30. The van der Waals surface area contributed by atoms with Gasteiger partial charge in [0, 0.05) is 11.4 Å². The molecule has 1 heterocycles. The molecule has 0 saturated carbocycles. The smallest absolute Gasteiger partial charge is 0.344 e. The molecule has 0 spiro atoms. The largest absolute Gasteiger partial charge is 0.482 e. The first-order valence-corrected chi connectivity index (χ1v) is 6.76. The topological polar surface area (TPSA) is 64.6 Å². The number of benzene rings is 1. The van der Waals surface area contributed by atoms with Gasteiger partial charge in [0.25, 0.3) is 0 Å². The number of hydrogen-bond acceptors (Lipinski definition) is 4. The summed E-state index contributed by atoms with van der Waals surface area (Å²) in [6, 6.07) is 5.09. The molecule has 0 aromatic heterocycles. The first-order chi connectivity index (χ1) is 9.54. The Morgan fingerprint density at radius 3 is 2.95 bits per heavy atom. The van der Waals surface area contributed by atoms with Crippen LogP contribution in [-0.2, 0) is 14.3 Å². The monoisotopic (exact) mass is 297 g/mol. The SMILES string of the molecule is Cc1cc(Cl)ccc1OCC(=O)OCC1CCC(=O)N1. The van der Waals surface area contributed by atoms with Crippen LogP contribution >= 0.6 is 11.6 Å². The summed E-state index contributed by atoms with van der Waals surface area (Å²) >= 11 is 5.83. The van der Waals surface area contributed by atoms with E-state index in [1.165, 1.54) is 0 Å². The van der Waals surface area contributed by atoms with Crippen LogP contribution in [0.5, 0.6) is 5.75 Å². The number of carbonyl (C=O) groups excluding carboxylic acids is 2. The fourth-order valence-corrected chi connectivity index (χ4v) is 2.18. The Morgan fingerprint density at radius 1 is 1.50 bits per heavy atom. The molecule has 1 saturated heterocycles. The van der Waals surface area contributed by atoms with Gasteiger partial charge in [-0.15, -0.1) is 0 Å². The van der Waals surface area contributed by atoms with Crippen LogP contribution in [0.15, 0.2) is 18.2 Å². The van der Waals surface area contributed by atoms with Crippen molar-refractivity contribution < 1.29 is 19.1 Å². The molecule has 0 radical (unpaired) electrons. The zero-order valence-corrected chi connectivity index (χ0v) is 11.9. The molecule has 5 nitrogen and oxygen atoms in total. The predicted molar refractivity (Wildman–Crippen MR) is 73.8 cm³/mol. The van der Waals surface area contributed by atoms with Crippen molar-refractivity contribution in [2.75, 3.05) is 13.2 Å². The summed E-state index contributed by atoms with van der Waals surface area (Å²) in [5, 5.41) is 3.35. The third-order valence-electron chi connectivity index (χ3n) is 3.01. The lowest BCUT2D eigenvalue weighted by Crippen LogP contribution is -2.31. The average molecular weight is 298 g/mol. The number of carbonyl (C=O) groups is 2. The quantitative estimate of drug-likeness (QED) is 0.843. The Bertz CT molecular complexity index is 518. The molecular formula is C14H16ClNO4. The maximum absolute atomic E-state index is 11.5. The molecule has 1 aromatic carbocycles. The van der Waals surface area contributed by atoms with Gasteiger partial charge in [-0.3, -0.25) is 4.79 Å². The predicted octanol–water partition coefficient (Wildman–Crippen LogP) is 1.85. The van der Waals surface area contributed by atoms with Crippen LogP contribution < -0.4 is 10.1 Å². The van der Waals surface area contributed by atoms with Crippen molar-refractivity contribution in [2.24, 2.45) is 0 Å². The number of amides is 1. The molecule has 0 bridgehead atoms. The van der Waals surface area contributed by atoms with Gasteiger partial charge in [0.2, 0.25) is 5.91 Å². The third-order valence-corrected chi connectivity index (χ3v) is 3.25. The molecule has 1 fully saturated rings. The van der Waals surface area contributed by atoms with E-state index in [0.29, 0.717) is 23.6 Å². The number of ether oxygens (including phenoxy) is 2. The van der Waals surface area contributed by atoms with Crippen LogP contribution in [0.1, 0.15) is 18.4 Å². The van der Waals surface area contributed by atoms with E-state index >= 15 is 0 Å². The molecule has 20 heavy (non-hydrogen) atoms. The second-order valence-electron chi connectivity index (χ2n) is 4.68. The van der Waals surface area contributed by atoms with Gasteiger partial charge in [-0.25, -0.2) is 4.79 Å². The maximum atomic E-state index is 11.5. The number of aryl methyl sites for hydroxylation is 1. The highest BCUT2D eigenvalue weighted by Crippen LogP contribution is 2.21. The van der Waals surface area contributed by atoms with Crippen molar-refractivity contribution in [3.8, 4) is 5.75 Å². The lowest BCUT2D eigenvalue weighted by molar-refractivity contribution is -0.146. The molecule has 1 aliphatic rings. The van der Waals surface area contributed by atoms with Gasteiger partial charge < -0.3 is 14.8 Å². The summed E-state index contributed by atoms with van der Waals surface area (Å²) in [6.45, 7) is 1.87. The molecule has 0 aliphatic carbocycles. The van der Waals surface area contributed by atoms with Crippen molar-refractivity contribution in [3.63, 3.8) is 0 Å². The molecule has 1 aliphatic heterocycles. The molecule has 108 valence electrons. The van der Waals surface area contributed by atoms with E-state index in [9.17, 15) is 9.59 Å². The summed E-state index contributed by atoms with van der Waals surface area (Å²) in [5.74, 6) is 0.139. The first kappa shape index (κ1) is 14.7. The molecule has 1 amide bonds. The van der Waals surface area contributed by atoms with Crippen LogP contribution in [0, 0.1) is 6.92 Å². The highest BCUT2D eigenvalue weighted by Gasteiger charge is 2.22. The van der Waals surface area contributed by atoms with Gasteiger partial charge in [0.1, 0.15) is 12.4 Å². The number of nitrogens with one attached hydrogen (secondary N) is 1. The maximum Gasteiger partial charge on any atom is 0.344 e. The Labute approximate surface area is 122 Å². The molecule has 1 aromatic rings. The minimum atomic E-state index is -0.458. The van der Waals surface area contributed by atoms with Crippen LogP contribution in [0.4, 0.5) is 0 Å². The zero-order valence-electron chi connectivity index (χ0n) is 11.1. The van der Waals surface area contributed by atoms with E-state index in [1.807, 2.05) is 6.92 Å². The second kappa shape index (κ2) is 6.61. The average Bonchev–Trinajstić information content (AvgIpc) is 2.81. The van der Waals surface area contributed by atoms with E-state index in [-0.39, 0.29) is 25.2 Å². The number of esters is 1.